The molecule has 0 fully saturated rings. The molecule has 0 aliphatic rings. The number of rotatable bonds is 4. The highest BCUT2D eigenvalue weighted by Crippen LogP contribution is 2.35. The van der Waals surface area contributed by atoms with E-state index >= 15 is 0 Å². The zero-order chi connectivity index (χ0) is 16.4. The highest BCUT2D eigenvalue weighted by atomic mass is 32.2. The topological polar surface area (TPSA) is 38.9 Å². The summed E-state index contributed by atoms with van der Waals surface area (Å²) in [7, 11) is 0. The number of thioether (sulfide) groups is 1. The minimum Gasteiger partial charge on any atom is -0.419 e. The third-order valence-electron chi connectivity index (χ3n) is 3.29. The van der Waals surface area contributed by atoms with Gasteiger partial charge in [0, 0.05) is 10.5 Å². The SMILES string of the molecule is Cc1ccc(-c2nnc([C@H](C)Sc3ccc(F)c(F)c3)o2)cc1. The van der Waals surface area contributed by atoms with Gasteiger partial charge in [0.1, 0.15) is 0 Å². The summed E-state index contributed by atoms with van der Waals surface area (Å²) in [4.78, 5) is 0.603. The summed E-state index contributed by atoms with van der Waals surface area (Å²) >= 11 is 1.33. The van der Waals surface area contributed by atoms with Gasteiger partial charge in [0.25, 0.3) is 0 Å². The largest absolute Gasteiger partial charge is 0.419 e. The zero-order valence-corrected chi connectivity index (χ0v) is 13.4. The summed E-state index contributed by atoms with van der Waals surface area (Å²) in [6.07, 6.45) is 0. The number of nitrogens with zero attached hydrogens (tertiary/aromatic N) is 2. The van der Waals surface area contributed by atoms with Crippen molar-refractivity contribution in [3.05, 3.63) is 65.6 Å². The summed E-state index contributed by atoms with van der Waals surface area (Å²) in [5.74, 6) is -0.845. The van der Waals surface area contributed by atoms with Crippen molar-refractivity contribution in [2.24, 2.45) is 0 Å². The molecule has 0 saturated carbocycles. The Bertz CT molecular complexity index is 818. The van der Waals surface area contributed by atoms with E-state index in [-0.39, 0.29) is 5.25 Å². The van der Waals surface area contributed by atoms with Crippen molar-refractivity contribution >= 4 is 11.8 Å². The number of aromatic nitrogens is 2. The second-order valence-electron chi connectivity index (χ2n) is 5.15. The van der Waals surface area contributed by atoms with Gasteiger partial charge in [-0.15, -0.1) is 22.0 Å². The van der Waals surface area contributed by atoms with Gasteiger partial charge in [0.05, 0.1) is 5.25 Å². The van der Waals surface area contributed by atoms with Crippen LogP contribution in [0, 0.1) is 18.6 Å². The first-order valence-electron chi connectivity index (χ1n) is 7.05. The summed E-state index contributed by atoms with van der Waals surface area (Å²) in [5.41, 5.74) is 2.00. The monoisotopic (exact) mass is 332 g/mol. The first kappa shape index (κ1) is 15.7. The Morgan fingerprint density at radius 3 is 2.43 bits per heavy atom. The maximum absolute atomic E-state index is 13.3. The van der Waals surface area contributed by atoms with E-state index in [2.05, 4.69) is 10.2 Å². The molecule has 0 unspecified atom stereocenters. The van der Waals surface area contributed by atoms with E-state index in [1.54, 1.807) is 0 Å². The molecule has 3 rings (SSSR count). The smallest absolute Gasteiger partial charge is 0.247 e. The van der Waals surface area contributed by atoms with E-state index in [0.29, 0.717) is 16.7 Å². The van der Waals surface area contributed by atoms with E-state index in [0.717, 1.165) is 23.3 Å². The first-order valence-corrected chi connectivity index (χ1v) is 7.93. The molecule has 0 spiro atoms. The molecule has 2 aromatic carbocycles. The van der Waals surface area contributed by atoms with Crippen LogP contribution in [-0.2, 0) is 0 Å². The van der Waals surface area contributed by atoms with E-state index in [1.807, 2.05) is 38.1 Å². The van der Waals surface area contributed by atoms with Crippen LogP contribution in [0.3, 0.4) is 0 Å². The Labute approximate surface area is 136 Å². The lowest BCUT2D eigenvalue weighted by molar-refractivity contribution is 0.504. The molecule has 0 aliphatic carbocycles. The summed E-state index contributed by atoms with van der Waals surface area (Å²) in [6, 6.07) is 11.6. The van der Waals surface area contributed by atoms with E-state index in [4.69, 9.17) is 4.42 Å². The fourth-order valence-electron chi connectivity index (χ4n) is 2.02. The quantitative estimate of drug-likeness (QED) is 0.617. The number of hydrogen-bond donors (Lipinski definition) is 0. The number of hydrogen-bond acceptors (Lipinski definition) is 4. The third kappa shape index (κ3) is 3.59. The van der Waals surface area contributed by atoms with Crippen molar-refractivity contribution in [3.8, 4) is 11.5 Å². The molecule has 0 radical (unpaired) electrons. The lowest BCUT2D eigenvalue weighted by atomic mass is 10.1. The molecule has 23 heavy (non-hydrogen) atoms. The van der Waals surface area contributed by atoms with Crippen LogP contribution in [0.25, 0.3) is 11.5 Å². The first-order chi connectivity index (χ1) is 11.0. The molecule has 0 amide bonds. The maximum atomic E-state index is 13.3. The lowest BCUT2D eigenvalue weighted by Crippen LogP contribution is -1.90. The molecule has 1 atom stereocenters. The van der Waals surface area contributed by atoms with E-state index < -0.39 is 11.6 Å². The van der Waals surface area contributed by atoms with E-state index in [9.17, 15) is 8.78 Å². The van der Waals surface area contributed by atoms with Gasteiger partial charge < -0.3 is 4.42 Å². The predicted molar refractivity (Wildman–Crippen MR) is 85.1 cm³/mol. The van der Waals surface area contributed by atoms with Crippen LogP contribution in [0.4, 0.5) is 8.78 Å². The molecule has 0 aliphatic heterocycles. The van der Waals surface area contributed by atoms with Crippen LogP contribution in [0.5, 0.6) is 0 Å². The third-order valence-corrected chi connectivity index (χ3v) is 4.37. The van der Waals surface area contributed by atoms with Crippen molar-refractivity contribution < 1.29 is 13.2 Å². The molecule has 0 N–H and O–H groups in total. The summed E-state index contributed by atoms with van der Waals surface area (Å²) in [6.45, 7) is 3.88. The predicted octanol–water partition coefficient (Wildman–Crippen LogP) is 5.18. The Hall–Kier alpha value is -2.21. The van der Waals surface area contributed by atoms with Crippen molar-refractivity contribution in [1.82, 2.24) is 10.2 Å². The normalized spacial score (nSPS) is 12.3. The van der Waals surface area contributed by atoms with Crippen molar-refractivity contribution in [1.29, 1.82) is 0 Å². The molecule has 0 saturated heterocycles. The van der Waals surface area contributed by atoms with Gasteiger partial charge in [0.2, 0.25) is 11.8 Å². The molecular weight excluding hydrogens is 318 g/mol. The van der Waals surface area contributed by atoms with Crippen LogP contribution in [0.1, 0.15) is 23.6 Å². The number of aryl methyl sites for hydroxylation is 1. The molecule has 3 aromatic rings. The Balaban J connectivity index is 1.76. The molecule has 1 aromatic heterocycles. The summed E-state index contributed by atoms with van der Waals surface area (Å²) in [5, 5.41) is 7.92. The minimum absolute atomic E-state index is 0.174. The highest BCUT2D eigenvalue weighted by molar-refractivity contribution is 7.99. The average molecular weight is 332 g/mol. The second kappa shape index (κ2) is 6.50. The van der Waals surface area contributed by atoms with Gasteiger partial charge in [0.15, 0.2) is 11.6 Å². The zero-order valence-electron chi connectivity index (χ0n) is 12.6. The van der Waals surface area contributed by atoms with Crippen molar-refractivity contribution in [2.75, 3.05) is 0 Å². The molecule has 6 heteroatoms. The second-order valence-corrected chi connectivity index (χ2v) is 6.56. The van der Waals surface area contributed by atoms with Gasteiger partial charge in [-0.3, -0.25) is 0 Å². The van der Waals surface area contributed by atoms with Crippen LogP contribution < -0.4 is 0 Å². The van der Waals surface area contributed by atoms with Gasteiger partial charge in [-0.25, -0.2) is 8.78 Å². The Kier molecular flexibility index (Phi) is 4.43. The fraction of sp³-hybridized carbons (Fsp3) is 0.176. The van der Waals surface area contributed by atoms with E-state index in [1.165, 1.54) is 17.8 Å². The molecule has 1 heterocycles. The maximum Gasteiger partial charge on any atom is 0.247 e. The lowest BCUT2D eigenvalue weighted by Gasteiger charge is -2.06. The number of benzene rings is 2. The van der Waals surface area contributed by atoms with Crippen molar-refractivity contribution in [2.45, 2.75) is 24.0 Å². The highest BCUT2D eigenvalue weighted by Gasteiger charge is 2.17. The van der Waals surface area contributed by atoms with Gasteiger partial charge >= 0.3 is 0 Å². The molecule has 0 bridgehead atoms. The van der Waals surface area contributed by atoms with Crippen LogP contribution in [0.2, 0.25) is 0 Å². The standard InChI is InChI=1S/C17H14F2N2OS/c1-10-3-5-12(6-4-10)17-21-20-16(22-17)11(2)23-13-7-8-14(18)15(19)9-13/h3-9,11H,1-2H3/t11-/m0/s1. The van der Waals surface area contributed by atoms with Gasteiger partial charge in [-0.1, -0.05) is 17.7 Å². The molecule has 118 valence electrons. The Morgan fingerprint density at radius 2 is 1.74 bits per heavy atom. The molecular formula is C17H14F2N2OS. The fourth-order valence-corrected chi connectivity index (χ4v) is 2.94. The van der Waals surface area contributed by atoms with Crippen LogP contribution in [-0.4, -0.2) is 10.2 Å². The van der Waals surface area contributed by atoms with Crippen molar-refractivity contribution in [3.63, 3.8) is 0 Å². The summed E-state index contributed by atoms with van der Waals surface area (Å²) < 4.78 is 31.9. The van der Waals surface area contributed by atoms with Gasteiger partial charge in [-0.05, 0) is 44.2 Å². The minimum atomic E-state index is -0.868. The molecule has 3 nitrogen and oxygen atoms in total. The van der Waals surface area contributed by atoms with Crippen LogP contribution >= 0.6 is 11.8 Å². The van der Waals surface area contributed by atoms with Crippen LogP contribution in [0.15, 0.2) is 51.8 Å². The van der Waals surface area contributed by atoms with Gasteiger partial charge in [-0.2, -0.15) is 0 Å². The Morgan fingerprint density at radius 1 is 1.00 bits per heavy atom. The average Bonchev–Trinajstić information content (AvgIpc) is 3.02. The number of halogens is 2.